The van der Waals surface area contributed by atoms with Gasteiger partial charge < -0.3 is 15.2 Å². The van der Waals surface area contributed by atoms with Gasteiger partial charge in [0.2, 0.25) is 0 Å². The number of thiazole rings is 1. The van der Waals surface area contributed by atoms with Crippen molar-refractivity contribution in [2.75, 3.05) is 13.7 Å². The lowest BCUT2D eigenvalue weighted by molar-refractivity contribution is 0.170. The van der Waals surface area contributed by atoms with E-state index in [1.165, 1.54) is 4.70 Å². The first-order chi connectivity index (χ1) is 11.7. The van der Waals surface area contributed by atoms with Crippen LogP contribution in [0.15, 0.2) is 48.5 Å². The Morgan fingerprint density at radius 1 is 1.21 bits per heavy atom. The minimum atomic E-state index is -0.557. The van der Waals surface area contributed by atoms with E-state index in [4.69, 9.17) is 4.74 Å². The highest BCUT2D eigenvalue weighted by atomic mass is 32.1. The minimum absolute atomic E-state index is 0.242. The Kier molecular flexibility index (Phi) is 5.45. The molecule has 5 heteroatoms. The standard InChI is InChI=1S/C19H22N2O2S/c1-13(10-19-21-16-8-3-4-9-18(16)24-19)20-12-17(22)14-6-5-7-15(11-14)23-2/h3-9,11,13,17,20,22H,10,12H2,1-2H3/t13-,17-/m1/s1. The van der Waals surface area contributed by atoms with Crippen LogP contribution >= 0.6 is 11.3 Å². The zero-order valence-corrected chi connectivity index (χ0v) is 14.7. The number of fused-ring (bicyclic) bond motifs is 1. The van der Waals surface area contributed by atoms with Crippen molar-refractivity contribution < 1.29 is 9.84 Å². The van der Waals surface area contributed by atoms with E-state index >= 15 is 0 Å². The summed E-state index contributed by atoms with van der Waals surface area (Å²) < 4.78 is 6.42. The molecule has 1 aromatic heterocycles. The largest absolute Gasteiger partial charge is 0.497 e. The van der Waals surface area contributed by atoms with Gasteiger partial charge in [-0.25, -0.2) is 4.98 Å². The molecule has 24 heavy (non-hydrogen) atoms. The summed E-state index contributed by atoms with van der Waals surface area (Å²) in [5, 5.41) is 14.8. The third-order valence-electron chi connectivity index (χ3n) is 3.96. The highest BCUT2D eigenvalue weighted by Gasteiger charge is 2.12. The van der Waals surface area contributed by atoms with Crippen LogP contribution in [-0.2, 0) is 6.42 Å². The van der Waals surface area contributed by atoms with Crippen molar-refractivity contribution in [2.45, 2.75) is 25.5 Å². The first-order valence-electron chi connectivity index (χ1n) is 8.05. The van der Waals surface area contributed by atoms with E-state index in [-0.39, 0.29) is 6.04 Å². The quantitative estimate of drug-likeness (QED) is 0.689. The summed E-state index contributed by atoms with van der Waals surface area (Å²) in [6.45, 7) is 2.61. The van der Waals surface area contributed by atoms with Crippen LogP contribution < -0.4 is 10.1 Å². The van der Waals surface area contributed by atoms with E-state index in [9.17, 15) is 5.11 Å². The maximum Gasteiger partial charge on any atom is 0.119 e. The lowest BCUT2D eigenvalue weighted by Crippen LogP contribution is -2.32. The Labute approximate surface area is 146 Å². The molecule has 2 aromatic carbocycles. The van der Waals surface area contributed by atoms with E-state index in [0.29, 0.717) is 6.54 Å². The molecule has 2 N–H and O–H groups in total. The molecule has 126 valence electrons. The van der Waals surface area contributed by atoms with Crippen molar-refractivity contribution in [3.63, 3.8) is 0 Å². The molecule has 0 radical (unpaired) electrons. The lowest BCUT2D eigenvalue weighted by atomic mass is 10.1. The zero-order valence-electron chi connectivity index (χ0n) is 13.9. The Morgan fingerprint density at radius 2 is 2.04 bits per heavy atom. The predicted octanol–water partition coefficient (Wildman–Crippen LogP) is 3.56. The first kappa shape index (κ1) is 16.9. The number of aliphatic hydroxyl groups excluding tert-OH is 1. The Morgan fingerprint density at radius 3 is 2.83 bits per heavy atom. The fraction of sp³-hybridized carbons (Fsp3) is 0.316. The number of aromatic nitrogens is 1. The maximum absolute atomic E-state index is 10.3. The molecule has 0 unspecified atom stereocenters. The van der Waals surface area contributed by atoms with E-state index in [2.05, 4.69) is 23.3 Å². The molecule has 1 heterocycles. The molecule has 0 saturated carbocycles. The molecule has 0 spiro atoms. The summed E-state index contributed by atoms with van der Waals surface area (Å²) in [6, 6.07) is 16.0. The highest BCUT2D eigenvalue weighted by molar-refractivity contribution is 7.18. The second-order valence-corrected chi connectivity index (χ2v) is 7.00. The molecular weight excluding hydrogens is 320 g/mol. The molecule has 0 bridgehead atoms. The zero-order chi connectivity index (χ0) is 16.9. The van der Waals surface area contributed by atoms with E-state index in [1.54, 1.807) is 18.4 Å². The van der Waals surface area contributed by atoms with Gasteiger partial charge in [0.05, 0.1) is 28.4 Å². The molecular formula is C19H22N2O2S. The smallest absolute Gasteiger partial charge is 0.119 e. The number of aliphatic hydroxyl groups is 1. The SMILES string of the molecule is COc1cccc([C@H](O)CN[C@H](C)Cc2nc3ccccc3s2)c1. The highest BCUT2D eigenvalue weighted by Crippen LogP contribution is 2.23. The van der Waals surface area contributed by atoms with Crippen LogP contribution in [0.5, 0.6) is 5.75 Å². The molecule has 0 saturated heterocycles. The number of benzene rings is 2. The second kappa shape index (κ2) is 7.75. The predicted molar refractivity (Wildman–Crippen MR) is 98.7 cm³/mol. The number of nitrogens with zero attached hydrogens (tertiary/aromatic N) is 1. The monoisotopic (exact) mass is 342 g/mol. The molecule has 0 aliphatic rings. The van der Waals surface area contributed by atoms with Crippen molar-refractivity contribution in [3.8, 4) is 5.75 Å². The summed E-state index contributed by atoms with van der Waals surface area (Å²) in [6.07, 6.45) is 0.294. The average Bonchev–Trinajstić information content (AvgIpc) is 3.01. The molecule has 0 fully saturated rings. The normalized spacial score (nSPS) is 13.8. The van der Waals surface area contributed by atoms with Gasteiger partial charge in [0.25, 0.3) is 0 Å². The summed E-state index contributed by atoms with van der Waals surface area (Å²) in [4.78, 5) is 4.66. The van der Waals surface area contributed by atoms with E-state index in [0.717, 1.165) is 28.3 Å². The number of nitrogens with one attached hydrogen (secondary N) is 1. The number of methoxy groups -OCH3 is 1. The van der Waals surface area contributed by atoms with Gasteiger partial charge in [0.1, 0.15) is 5.75 Å². The van der Waals surface area contributed by atoms with Crippen LogP contribution in [0.1, 0.15) is 23.6 Å². The van der Waals surface area contributed by atoms with Crippen LogP contribution in [0.2, 0.25) is 0 Å². The van der Waals surface area contributed by atoms with Crippen molar-refractivity contribution in [1.29, 1.82) is 0 Å². The number of para-hydroxylation sites is 1. The van der Waals surface area contributed by atoms with Crippen molar-refractivity contribution in [3.05, 3.63) is 59.1 Å². The molecule has 3 rings (SSSR count). The summed E-state index contributed by atoms with van der Waals surface area (Å²) >= 11 is 1.73. The molecule has 0 amide bonds. The lowest BCUT2D eigenvalue weighted by Gasteiger charge is -2.17. The van der Waals surface area contributed by atoms with Gasteiger partial charge in [0, 0.05) is 19.0 Å². The second-order valence-electron chi connectivity index (χ2n) is 5.88. The van der Waals surface area contributed by atoms with E-state index in [1.807, 2.05) is 42.5 Å². The van der Waals surface area contributed by atoms with Gasteiger partial charge in [-0.1, -0.05) is 24.3 Å². The summed E-state index contributed by atoms with van der Waals surface area (Å²) in [7, 11) is 1.63. The van der Waals surface area contributed by atoms with Crippen molar-refractivity contribution >= 4 is 21.6 Å². The van der Waals surface area contributed by atoms with Gasteiger partial charge in [-0.2, -0.15) is 0 Å². The summed E-state index contributed by atoms with van der Waals surface area (Å²) in [5.74, 6) is 0.758. The maximum atomic E-state index is 10.3. The van der Waals surface area contributed by atoms with Gasteiger partial charge in [-0.3, -0.25) is 0 Å². The number of hydrogen-bond acceptors (Lipinski definition) is 5. The minimum Gasteiger partial charge on any atom is -0.497 e. The van der Waals surface area contributed by atoms with Crippen LogP contribution in [0, 0.1) is 0 Å². The number of ether oxygens (including phenoxy) is 1. The third-order valence-corrected chi connectivity index (χ3v) is 5.02. The van der Waals surface area contributed by atoms with Gasteiger partial charge >= 0.3 is 0 Å². The van der Waals surface area contributed by atoms with Gasteiger partial charge in [-0.05, 0) is 36.8 Å². The van der Waals surface area contributed by atoms with Gasteiger partial charge in [-0.15, -0.1) is 11.3 Å². The topological polar surface area (TPSA) is 54.4 Å². The fourth-order valence-electron chi connectivity index (χ4n) is 2.62. The van der Waals surface area contributed by atoms with Crippen molar-refractivity contribution in [1.82, 2.24) is 10.3 Å². The van der Waals surface area contributed by atoms with Crippen LogP contribution in [0.4, 0.5) is 0 Å². The Hall–Kier alpha value is -1.95. The van der Waals surface area contributed by atoms with Crippen LogP contribution in [-0.4, -0.2) is 29.8 Å². The Bertz CT molecular complexity index is 770. The third kappa shape index (κ3) is 4.12. The number of hydrogen-bond donors (Lipinski definition) is 2. The molecule has 0 aliphatic heterocycles. The average molecular weight is 342 g/mol. The van der Waals surface area contributed by atoms with Crippen molar-refractivity contribution in [2.24, 2.45) is 0 Å². The van der Waals surface area contributed by atoms with Crippen LogP contribution in [0.25, 0.3) is 10.2 Å². The Balaban J connectivity index is 1.55. The first-order valence-corrected chi connectivity index (χ1v) is 8.87. The molecule has 0 aliphatic carbocycles. The molecule has 2 atom stereocenters. The number of rotatable bonds is 7. The molecule has 3 aromatic rings. The molecule has 4 nitrogen and oxygen atoms in total. The van der Waals surface area contributed by atoms with Gasteiger partial charge in [0.15, 0.2) is 0 Å². The van der Waals surface area contributed by atoms with Crippen LogP contribution in [0.3, 0.4) is 0 Å². The summed E-state index contributed by atoms with van der Waals surface area (Å²) in [5.41, 5.74) is 1.91. The fourth-order valence-corrected chi connectivity index (χ4v) is 3.72. The van der Waals surface area contributed by atoms with E-state index < -0.39 is 6.10 Å².